The molecule has 0 saturated carbocycles. The number of amides is 1. The van der Waals surface area contributed by atoms with Crippen LogP contribution in [0.2, 0.25) is 0 Å². The Morgan fingerprint density at radius 1 is 1.00 bits per heavy atom. The third kappa shape index (κ3) is 6.20. The molecule has 1 fully saturated rings. The minimum Gasteiger partial charge on any atom is -0.493 e. The predicted molar refractivity (Wildman–Crippen MR) is 141 cm³/mol. The second kappa shape index (κ2) is 11.5. The number of nitrogens with zero attached hydrogens (tertiary/aromatic N) is 2. The molecule has 2 heterocycles. The smallest absolute Gasteiger partial charge is 0.416 e. The zero-order valence-corrected chi connectivity index (χ0v) is 20.7. The van der Waals surface area contributed by atoms with Crippen LogP contribution in [-0.4, -0.2) is 35.2 Å². The van der Waals surface area contributed by atoms with Crippen molar-refractivity contribution in [1.82, 2.24) is 9.88 Å². The summed E-state index contributed by atoms with van der Waals surface area (Å²) in [6.45, 7) is 3.07. The van der Waals surface area contributed by atoms with Crippen molar-refractivity contribution >= 4 is 6.09 Å². The maximum atomic E-state index is 12.6. The van der Waals surface area contributed by atoms with Gasteiger partial charge >= 0.3 is 6.09 Å². The molecule has 0 radical (unpaired) electrons. The minimum atomic E-state index is -0.356. The van der Waals surface area contributed by atoms with Crippen LogP contribution in [0.25, 0.3) is 11.5 Å². The Balaban J connectivity index is 1.13. The van der Waals surface area contributed by atoms with E-state index in [0.29, 0.717) is 31.2 Å². The maximum absolute atomic E-state index is 12.6. The molecule has 1 aromatic heterocycles. The van der Waals surface area contributed by atoms with Crippen LogP contribution >= 0.6 is 0 Å². The van der Waals surface area contributed by atoms with Crippen molar-refractivity contribution in [2.75, 3.05) is 13.2 Å². The first-order valence-electron chi connectivity index (χ1n) is 12.5. The molecule has 3 aromatic carbocycles. The fourth-order valence-electron chi connectivity index (χ4n) is 4.21. The lowest BCUT2D eigenvalue weighted by Gasteiger charge is -2.19. The van der Waals surface area contributed by atoms with Crippen LogP contribution in [0.4, 0.5) is 4.79 Å². The van der Waals surface area contributed by atoms with E-state index in [1.807, 2.05) is 79.7 Å². The number of aryl methyl sites for hydroxylation is 1. The minimum absolute atomic E-state index is 0.154. The Morgan fingerprint density at radius 3 is 2.49 bits per heavy atom. The number of ether oxygens (including phenoxy) is 2. The van der Waals surface area contributed by atoms with Gasteiger partial charge in [-0.05, 0) is 68.3 Å². The average molecular weight is 493 g/mol. The summed E-state index contributed by atoms with van der Waals surface area (Å²) in [5.74, 6) is 9.17. The Bertz CT molecular complexity index is 1390. The summed E-state index contributed by atoms with van der Waals surface area (Å²) in [5.41, 5.74) is 2.73. The Labute approximate surface area is 216 Å². The molecule has 1 aliphatic heterocycles. The number of likely N-dealkylation sites (tertiary alicyclic amines) is 1. The lowest BCUT2D eigenvalue weighted by molar-refractivity contribution is 0.155. The number of hydrogen-bond donors (Lipinski definition) is 0. The lowest BCUT2D eigenvalue weighted by atomic mass is 10.2. The van der Waals surface area contributed by atoms with Crippen molar-refractivity contribution in [2.45, 2.75) is 32.2 Å². The number of para-hydroxylation sites is 1. The Kier molecular flexibility index (Phi) is 7.52. The molecule has 6 nitrogen and oxygen atoms in total. The van der Waals surface area contributed by atoms with Gasteiger partial charge in [0.15, 0.2) is 0 Å². The van der Waals surface area contributed by atoms with Crippen LogP contribution < -0.4 is 9.47 Å². The first-order valence-corrected chi connectivity index (χ1v) is 12.5. The third-order valence-corrected chi connectivity index (χ3v) is 6.19. The second-order valence-corrected chi connectivity index (χ2v) is 8.81. The van der Waals surface area contributed by atoms with E-state index < -0.39 is 0 Å². The highest BCUT2D eigenvalue weighted by molar-refractivity contribution is 5.72. The normalized spacial score (nSPS) is 14.6. The molecule has 186 valence electrons. The van der Waals surface area contributed by atoms with Gasteiger partial charge in [0.1, 0.15) is 17.3 Å². The van der Waals surface area contributed by atoms with Gasteiger partial charge in [0.2, 0.25) is 5.89 Å². The van der Waals surface area contributed by atoms with Crippen molar-refractivity contribution in [1.29, 1.82) is 0 Å². The van der Waals surface area contributed by atoms with Crippen LogP contribution in [-0.2, 0) is 6.42 Å². The quantitative estimate of drug-likeness (QED) is 0.296. The molecule has 0 aliphatic carbocycles. The topological polar surface area (TPSA) is 64.8 Å². The van der Waals surface area contributed by atoms with Gasteiger partial charge in [-0.1, -0.05) is 48.2 Å². The molecule has 0 unspecified atom stereocenters. The van der Waals surface area contributed by atoms with Gasteiger partial charge in [-0.25, -0.2) is 9.78 Å². The van der Waals surface area contributed by atoms with Crippen molar-refractivity contribution in [3.8, 4) is 34.8 Å². The van der Waals surface area contributed by atoms with Gasteiger partial charge in [-0.3, -0.25) is 4.90 Å². The van der Waals surface area contributed by atoms with E-state index in [4.69, 9.17) is 13.9 Å². The monoisotopic (exact) mass is 492 g/mol. The molecule has 1 aliphatic rings. The molecule has 1 saturated heterocycles. The van der Waals surface area contributed by atoms with Crippen molar-refractivity contribution in [3.05, 3.63) is 102 Å². The zero-order valence-electron chi connectivity index (χ0n) is 20.7. The van der Waals surface area contributed by atoms with E-state index in [9.17, 15) is 4.79 Å². The first kappa shape index (κ1) is 24.2. The highest BCUT2D eigenvalue weighted by Gasteiger charge is 2.28. The van der Waals surface area contributed by atoms with E-state index in [2.05, 4.69) is 16.8 Å². The number of rotatable bonds is 6. The highest BCUT2D eigenvalue weighted by Crippen LogP contribution is 2.22. The van der Waals surface area contributed by atoms with E-state index in [-0.39, 0.29) is 12.1 Å². The van der Waals surface area contributed by atoms with Crippen LogP contribution in [0.5, 0.6) is 11.5 Å². The lowest BCUT2D eigenvalue weighted by Crippen LogP contribution is -2.36. The largest absolute Gasteiger partial charge is 0.493 e. The van der Waals surface area contributed by atoms with Gasteiger partial charge in [-0.2, -0.15) is 0 Å². The highest BCUT2D eigenvalue weighted by atomic mass is 16.6. The summed E-state index contributed by atoms with van der Waals surface area (Å²) in [5, 5.41) is 0. The fraction of sp³-hybridized carbons (Fsp3) is 0.226. The summed E-state index contributed by atoms with van der Waals surface area (Å²) >= 11 is 0. The van der Waals surface area contributed by atoms with E-state index in [1.165, 1.54) is 0 Å². The van der Waals surface area contributed by atoms with Crippen molar-refractivity contribution in [3.63, 3.8) is 0 Å². The molecule has 1 atom stereocenters. The number of oxazole rings is 1. The number of benzene rings is 3. The molecule has 0 bridgehead atoms. The zero-order chi connectivity index (χ0) is 25.5. The summed E-state index contributed by atoms with van der Waals surface area (Å²) in [4.78, 5) is 18.9. The molecular weight excluding hydrogens is 464 g/mol. The summed E-state index contributed by atoms with van der Waals surface area (Å²) in [6, 6.07) is 26.5. The van der Waals surface area contributed by atoms with Gasteiger partial charge < -0.3 is 13.9 Å². The second-order valence-electron chi connectivity index (χ2n) is 8.81. The fourth-order valence-corrected chi connectivity index (χ4v) is 4.21. The summed E-state index contributed by atoms with van der Waals surface area (Å²) in [6.07, 6.45) is 2.05. The molecular formula is C31H28N2O4. The van der Waals surface area contributed by atoms with Crippen LogP contribution in [0.1, 0.15) is 29.9 Å². The van der Waals surface area contributed by atoms with Crippen molar-refractivity contribution in [2.24, 2.45) is 0 Å². The molecule has 0 spiro atoms. The van der Waals surface area contributed by atoms with E-state index >= 15 is 0 Å². The summed E-state index contributed by atoms with van der Waals surface area (Å²) in [7, 11) is 0. The van der Waals surface area contributed by atoms with Crippen LogP contribution in [0, 0.1) is 18.8 Å². The molecule has 0 N–H and O–H groups in total. The van der Waals surface area contributed by atoms with E-state index in [1.54, 1.807) is 17.0 Å². The van der Waals surface area contributed by atoms with Gasteiger partial charge in [0.05, 0.1) is 18.3 Å². The number of carbonyl (C=O) groups is 1. The SMILES string of the molecule is Cc1oc(-c2ccccc2)nc1CCOc1ccc(C#C[C@@H]2CCCN2C(=O)Oc2ccccc2)cc1. The van der Waals surface area contributed by atoms with Crippen LogP contribution in [0.3, 0.4) is 0 Å². The molecule has 6 heteroatoms. The molecule has 1 amide bonds. The predicted octanol–water partition coefficient (Wildman–Crippen LogP) is 6.29. The summed E-state index contributed by atoms with van der Waals surface area (Å²) < 4.78 is 17.2. The van der Waals surface area contributed by atoms with E-state index in [0.717, 1.165) is 41.2 Å². The number of carbonyl (C=O) groups excluding carboxylic acids is 1. The molecule has 5 rings (SSSR count). The standard InChI is InChI=1S/C31H28N2O4/c1-23-29(32-30(36-23)25-9-4-2-5-10-25)20-22-35-27-18-15-24(16-19-27)14-17-26-11-8-21-33(26)31(34)37-28-12-6-3-7-13-28/h2-7,9-10,12-13,15-16,18-19,26H,8,11,20-22H2,1H3/t26-/m0/s1. The third-order valence-electron chi connectivity index (χ3n) is 6.19. The number of aromatic nitrogens is 1. The Hall–Kier alpha value is -4.50. The molecule has 37 heavy (non-hydrogen) atoms. The number of hydrogen-bond acceptors (Lipinski definition) is 5. The van der Waals surface area contributed by atoms with Gasteiger partial charge in [-0.15, -0.1) is 0 Å². The van der Waals surface area contributed by atoms with Gasteiger partial charge in [0, 0.05) is 24.1 Å². The molecule has 4 aromatic rings. The maximum Gasteiger partial charge on any atom is 0.416 e. The van der Waals surface area contributed by atoms with Crippen molar-refractivity contribution < 1.29 is 18.7 Å². The van der Waals surface area contributed by atoms with Crippen LogP contribution in [0.15, 0.2) is 89.3 Å². The first-order chi connectivity index (χ1) is 18.2. The average Bonchev–Trinajstić information content (AvgIpc) is 3.56. The van der Waals surface area contributed by atoms with Gasteiger partial charge in [0.25, 0.3) is 0 Å². The Morgan fingerprint density at radius 2 is 1.73 bits per heavy atom.